The second kappa shape index (κ2) is 5.64. The zero-order chi connectivity index (χ0) is 15.7. The van der Waals surface area contributed by atoms with E-state index in [0.717, 1.165) is 21.9 Å². The van der Waals surface area contributed by atoms with Gasteiger partial charge in [0.1, 0.15) is 5.76 Å². The maximum atomic E-state index is 6.08. The highest BCUT2D eigenvalue weighted by Gasteiger charge is 2.46. The summed E-state index contributed by atoms with van der Waals surface area (Å²) >= 11 is 6.08. The Morgan fingerprint density at radius 3 is 2.26 bits per heavy atom. The zero-order valence-electron chi connectivity index (χ0n) is 12.4. The fourth-order valence-electron chi connectivity index (χ4n) is 3.25. The lowest BCUT2D eigenvalue weighted by Crippen LogP contribution is -2.30. The minimum Gasteiger partial charge on any atom is -0.489 e. The molecule has 0 amide bonds. The molecular formula is C20H15ClO2. The van der Waals surface area contributed by atoms with Gasteiger partial charge in [0.05, 0.1) is 17.9 Å². The van der Waals surface area contributed by atoms with Crippen LogP contribution in [-0.2, 0) is 10.2 Å². The predicted molar refractivity (Wildman–Crippen MR) is 90.3 cm³/mol. The van der Waals surface area contributed by atoms with E-state index in [1.165, 1.54) is 0 Å². The molecule has 0 fully saturated rings. The van der Waals surface area contributed by atoms with Crippen molar-refractivity contribution in [3.05, 3.63) is 107 Å². The van der Waals surface area contributed by atoms with Crippen molar-refractivity contribution in [3.8, 4) is 0 Å². The fourth-order valence-corrected chi connectivity index (χ4v) is 3.38. The van der Waals surface area contributed by atoms with Crippen LogP contribution in [0.15, 0.2) is 89.7 Å². The van der Waals surface area contributed by atoms with Gasteiger partial charge in [-0.05, 0) is 41.5 Å². The highest BCUT2D eigenvalue weighted by Crippen LogP contribution is 2.50. The van der Waals surface area contributed by atoms with Gasteiger partial charge in [-0.25, -0.2) is 0 Å². The van der Waals surface area contributed by atoms with Crippen molar-refractivity contribution >= 4 is 11.6 Å². The van der Waals surface area contributed by atoms with Crippen LogP contribution in [0.5, 0.6) is 0 Å². The molecule has 0 saturated carbocycles. The van der Waals surface area contributed by atoms with Crippen LogP contribution in [0.3, 0.4) is 0 Å². The maximum Gasteiger partial charge on any atom is 0.172 e. The standard InChI is InChI=1S/C20H15ClO2/c21-17-10-8-16(9-11-17)20(15-5-2-1-3-6-15)12-14-23-19(20)18-7-4-13-22-18/h1-14,19H. The molecule has 3 aromatic rings. The summed E-state index contributed by atoms with van der Waals surface area (Å²) in [6.07, 6.45) is 5.28. The highest BCUT2D eigenvalue weighted by atomic mass is 35.5. The van der Waals surface area contributed by atoms with Gasteiger partial charge in [-0.2, -0.15) is 0 Å². The third-order valence-electron chi connectivity index (χ3n) is 4.33. The second-order valence-electron chi connectivity index (χ2n) is 5.58. The topological polar surface area (TPSA) is 22.4 Å². The normalized spacial score (nSPS) is 22.9. The molecule has 2 nitrogen and oxygen atoms in total. The van der Waals surface area contributed by atoms with Crippen LogP contribution in [0.1, 0.15) is 23.0 Å². The molecule has 1 aliphatic rings. The molecule has 0 spiro atoms. The van der Waals surface area contributed by atoms with Crippen molar-refractivity contribution in [2.24, 2.45) is 0 Å². The van der Waals surface area contributed by atoms with Gasteiger partial charge >= 0.3 is 0 Å². The molecule has 0 N–H and O–H groups in total. The second-order valence-corrected chi connectivity index (χ2v) is 6.01. The third kappa shape index (κ3) is 2.27. The van der Waals surface area contributed by atoms with Gasteiger partial charge in [-0.3, -0.25) is 0 Å². The SMILES string of the molecule is Clc1ccc(C2(c3ccccc3)C=COC2c2ccco2)cc1. The van der Waals surface area contributed by atoms with E-state index in [9.17, 15) is 0 Å². The van der Waals surface area contributed by atoms with Gasteiger partial charge < -0.3 is 9.15 Å². The zero-order valence-corrected chi connectivity index (χ0v) is 13.1. The molecule has 0 radical (unpaired) electrons. The maximum absolute atomic E-state index is 6.08. The van der Waals surface area contributed by atoms with Crippen LogP contribution in [-0.4, -0.2) is 0 Å². The molecule has 23 heavy (non-hydrogen) atoms. The van der Waals surface area contributed by atoms with E-state index in [4.69, 9.17) is 20.8 Å². The van der Waals surface area contributed by atoms with Crippen LogP contribution in [0.4, 0.5) is 0 Å². The molecule has 2 unspecified atom stereocenters. The van der Waals surface area contributed by atoms with E-state index in [1.807, 2.05) is 54.6 Å². The molecule has 114 valence electrons. The number of hydrogen-bond acceptors (Lipinski definition) is 2. The predicted octanol–water partition coefficient (Wildman–Crippen LogP) is 5.50. The molecule has 2 heterocycles. The summed E-state index contributed by atoms with van der Waals surface area (Å²) in [4.78, 5) is 0. The van der Waals surface area contributed by atoms with Crippen molar-refractivity contribution in [1.29, 1.82) is 0 Å². The Morgan fingerprint density at radius 2 is 1.57 bits per heavy atom. The Morgan fingerprint density at radius 1 is 0.826 bits per heavy atom. The summed E-state index contributed by atoms with van der Waals surface area (Å²) in [5, 5.41) is 0.717. The first kappa shape index (κ1) is 14.2. The van der Waals surface area contributed by atoms with Crippen LogP contribution < -0.4 is 0 Å². The van der Waals surface area contributed by atoms with Crippen molar-refractivity contribution in [2.45, 2.75) is 11.5 Å². The average Bonchev–Trinajstić information content (AvgIpc) is 3.26. The first-order valence-corrected chi connectivity index (χ1v) is 7.86. The minimum atomic E-state index is -0.441. The molecule has 2 atom stereocenters. The van der Waals surface area contributed by atoms with E-state index in [2.05, 4.69) is 18.2 Å². The number of furan rings is 1. The fraction of sp³-hybridized carbons (Fsp3) is 0.100. The van der Waals surface area contributed by atoms with Gasteiger partial charge in [0.15, 0.2) is 6.10 Å². The van der Waals surface area contributed by atoms with Crippen molar-refractivity contribution < 1.29 is 9.15 Å². The number of hydrogen-bond donors (Lipinski definition) is 0. The lowest BCUT2D eigenvalue weighted by molar-refractivity contribution is 0.108. The van der Waals surface area contributed by atoms with Crippen LogP contribution in [0, 0.1) is 0 Å². The van der Waals surface area contributed by atoms with Crippen LogP contribution in [0.25, 0.3) is 0 Å². The van der Waals surface area contributed by atoms with Gasteiger partial charge in [-0.1, -0.05) is 54.1 Å². The average molecular weight is 323 g/mol. The Bertz CT molecular complexity index is 807. The lowest BCUT2D eigenvalue weighted by atomic mass is 9.70. The minimum absolute atomic E-state index is 0.249. The molecule has 2 aromatic carbocycles. The number of ether oxygens (including phenoxy) is 1. The number of rotatable bonds is 3. The van der Waals surface area contributed by atoms with E-state index >= 15 is 0 Å². The molecule has 1 aliphatic heterocycles. The van der Waals surface area contributed by atoms with Crippen LogP contribution in [0.2, 0.25) is 5.02 Å². The van der Waals surface area contributed by atoms with Crippen LogP contribution >= 0.6 is 11.6 Å². The summed E-state index contributed by atoms with van der Waals surface area (Å²) in [5.74, 6) is 0.800. The molecule has 0 saturated heterocycles. The summed E-state index contributed by atoms with van der Waals surface area (Å²) in [7, 11) is 0. The summed E-state index contributed by atoms with van der Waals surface area (Å²) < 4.78 is 11.6. The first-order chi connectivity index (χ1) is 11.3. The van der Waals surface area contributed by atoms with E-state index < -0.39 is 5.41 Å². The molecule has 3 heteroatoms. The van der Waals surface area contributed by atoms with E-state index in [0.29, 0.717) is 0 Å². The largest absolute Gasteiger partial charge is 0.489 e. The smallest absolute Gasteiger partial charge is 0.172 e. The third-order valence-corrected chi connectivity index (χ3v) is 4.59. The molecule has 0 bridgehead atoms. The van der Waals surface area contributed by atoms with Gasteiger partial charge in [-0.15, -0.1) is 0 Å². The number of benzene rings is 2. The van der Waals surface area contributed by atoms with Gasteiger partial charge in [0.2, 0.25) is 0 Å². The summed E-state index contributed by atoms with van der Waals surface area (Å²) in [6, 6.07) is 22.1. The first-order valence-electron chi connectivity index (χ1n) is 7.49. The number of halogens is 1. The summed E-state index contributed by atoms with van der Waals surface area (Å²) in [5.41, 5.74) is 1.82. The Hall–Kier alpha value is -2.45. The molecule has 4 rings (SSSR count). The van der Waals surface area contributed by atoms with E-state index in [-0.39, 0.29) is 6.10 Å². The molecule has 0 aliphatic carbocycles. The van der Waals surface area contributed by atoms with Crippen molar-refractivity contribution in [2.75, 3.05) is 0 Å². The monoisotopic (exact) mass is 322 g/mol. The summed E-state index contributed by atoms with van der Waals surface area (Å²) in [6.45, 7) is 0. The van der Waals surface area contributed by atoms with Crippen molar-refractivity contribution in [3.63, 3.8) is 0 Å². The van der Waals surface area contributed by atoms with Gasteiger partial charge in [0, 0.05) is 5.02 Å². The van der Waals surface area contributed by atoms with E-state index in [1.54, 1.807) is 12.5 Å². The Labute approximate surface area is 140 Å². The molecular weight excluding hydrogens is 308 g/mol. The van der Waals surface area contributed by atoms with Gasteiger partial charge in [0.25, 0.3) is 0 Å². The Kier molecular flexibility index (Phi) is 3.47. The quantitative estimate of drug-likeness (QED) is 0.635. The molecule has 1 aromatic heterocycles. The van der Waals surface area contributed by atoms with Crippen molar-refractivity contribution in [1.82, 2.24) is 0 Å². The lowest BCUT2D eigenvalue weighted by Gasteiger charge is -2.33. The highest BCUT2D eigenvalue weighted by molar-refractivity contribution is 6.30. The Balaban J connectivity index is 1.94.